The van der Waals surface area contributed by atoms with E-state index in [0.29, 0.717) is 33.8 Å². The van der Waals surface area contributed by atoms with Crippen molar-refractivity contribution in [3.05, 3.63) is 39.6 Å². The van der Waals surface area contributed by atoms with E-state index < -0.39 is 23.4 Å². The summed E-state index contributed by atoms with van der Waals surface area (Å²) in [5, 5.41) is 13.6. The van der Waals surface area contributed by atoms with Crippen molar-refractivity contribution < 1.29 is 27.8 Å². The molecule has 0 aliphatic carbocycles. The lowest BCUT2D eigenvalue weighted by atomic mass is 9.95. The Morgan fingerprint density at radius 2 is 2.00 bits per heavy atom. The fraction of sp³-hybridized carbons (Fsp3) is 0.389. The fourth-order valence-electron chi connectivity index (χ4n) is 2.84. The summed E-state index contributed by atoms with van der Waals surface area (Å²) in [5.41, 5.74) is -0.588. The van der Waals surface area contributed by atoms with Crippen LogP contribution in [0.2, 0.25) is 0 Å². The van der Waals surface area contributed by atoms with Crippen molar-refractivity contribution in [2.75, 3.05) is 12.4 Å². The first-order chi connectivity index (χ1) is 13.4. The summed E-state index contributed by atoms with van der Waals surface area (Å²) >= 11 is 0.595. The lowest BCUT2D eigenvalue weighted by Gasteiger charge is -2.22. The van der Waals surface area contributed by atoms with Gasteiger partial charge in [-0.15, -0.1) is 11.3 Å². The van der Waals surface area contributed by atoms with Crippen molar-refractivity contribution >= 4 is 34.0 Å². The van der Waals surface area contributed by atoms with Crippen molar-refractivity contribution in [2.45, 2.75) is 32.2 Å². The van der Waals surface area contributed by atoms with Gasteiger partial charge in [0.15, 0.2) is 10.7 Å². The number of hydrogen-bond acceptors (Lipinski definition) is 6. The van der Waals surface area contributed by atoms with Gasteiger partial charge in [0.2, 0.25) is 0 Å². The molecule has 7 nitrogen and oxygen atoms in total. The number of alkyl halides is 3. The Morgan fingerprint density at radius 1 is 1.31 bits per heavy atom. The van der Waals surface area contributed by atoms with Gasteiger partial charge in [-0.2, -0.15) is 13.2 Å². The van der Waals surface area contributed by atoms with Gasteiger partial charge in [0.1, 0.15) is 12.4 Å². The number of thiazole rings is 1. The van der Waals surface area contributed by atoms with Gasteiger partial charge in [-0.05, 0) is 26.0 Å². The molecule has 2 N–H and O–H groups in total. The monoisotopic (exact) mass is 428 g/mol. The van der Waals surface area contributed by atoms with Crippen LogP contribution in [0.5, 0.6) is 0 Å². The van der Waals surface area contributed by atoms with E-state index in [-0.39, 0.29) is 17.3 Å². The Hall–Kier alpha value is -2.50. The highest BCUT2D eigenvalue weighted by molar-refractivity contribution is 7.11. The predicted molar refractivity (Wildman–Crippen MR) is 102 cm³/mol. The molecule has 1 aromatic carbocycles. The first kappa shape index (κ1) is 21.2. The molecule has 0 atom stereocenters. The first-order valence-electron chi connectivity index (χ1n) is 8.47. The lowest BCUT2D eigenvalue weighted by Crippen LogP contribution is -2.21. The Bertz CT molecular complexity index is 1070. The van der Waals surface area contributed by atoms with Gasteiger partial charge in [0.25, 0.3) is 5.91 Å². The van der Waals surface area contributed by atoms with E-state index in [4.69, 9.17) is 4.74 Å². The number of amides is 1. The molecule has 0 bridgehead atoms. The van der Waals surface area contributed by atoms with Gasteiger partial charge in [0.05, 0.1) is 16.6 Å². The summed E-state index contributed by atoms with van der Waals surface area (Å²) in [6, 6.07) is 3.25. The largest absolute Gasteiger partial charge is 0.434 e. The maximum absolute atomic E-state index is 12.8. The molecule has 2 heterocycles. The fourth-order valence-corrected chi connectivity index (χ4v) is 3.56. The molecule has 0 spiro atoms. The van der Waals surface area contributed by atoms with Crippen molar-refractivity contribution in [3.8, 4) is 0 Å². The van der Waals surface area contributed by atoms with Crippen LogP contribution < -0.4 is 5.32 Å². The minimum Gasteiger partial charge on any atom is -0.386 e. The highest BCUT2D eigenvalue weighted by Crippen LogP contribution is 2.34. The summed E-state index contributed by atoms with van der Waals surface area (Å²) in [6.07, 6.45) is -4.63. The van der Waals surface area contributed by atoms with Crippen LogP contribution in [0, 0.1) is 0 Å². The average Bonchev–Trinajstić information content (AvgIpc) is 3.20. The molecule has 2 aromatic heterocycles. The quantitative estimate of drug-likeness (QED) is 0.647. The number of fused-ring (bicyclic) bond motifs is 1. The van der Waals surface area contributed by atoms with Gasteiger partial charge >= 0.3 is 6.18 Å². The zero-order valence-corrected chi connectivity index (χ0v) is 16.9. The molecule has 11 heteroatoms. The van der Waals surface area contributed by atoms with Crippen molar-refractivity contribution in [1.82, 2.24) is 14.5 Å². The summed E-state index contributed by atoms with van der Waals surface area (Å²) in [4.78, 5) is 20.3. The number of nitrogens with zero attached hydrogens (tertiary/aromatic N) is 3. The number of carbonyl (C=O) groups excluding carboxylic acids is 1. The van der Waals surface area contributed by atoms with Crippen molar-refractivity contribution in [2.24, 2.45) is 7.05 Å². The molecule has 1 amide bonds. The third-order valence-corrected chi connectivity index (χ3v) is 5.12. The van der Waals surface area contributed by atoms with Crippen LogP contribution >= 0.6 is 11.3 Å². The topological polar surface area (TPSA) is 89.3 Å². The Kier molecular flexibility index (Phi) is 5.41. The van der Waals surface area contributed by atoms with E-state index in [9.17, 15) is 23.1 Å². The van der Waals surface area contributed by atoms with Crippen LogP contribution in [-0.4, -0.2) is 32.7 Å². The molecule has 0 fully saturated rings. The zero-order chi connectivity index (χ0) is 21.6. The molecule has 0 saturated heterocycles. The summed E-state index contributed by atoms with van der Waals surface area (Å²) < 4.78 is 45.2. The molecule has 29 heavy (non-hydrogen) atoms. The molecule has 0 saturated carbocycles. The number of halogens is 3. The number of nitrogens with one attached hydrogen (secondary N) is 1. The number of ether oxygens (including phenoxy) is 1. The minimum absolute atomic E-state index is 0.255. The number of imidazole rings is 1. The van der Waals surface area contributed by atoms with E-state index in [1.165, 1.54) is 21.0 Å². The highest BCUT2D eigenvalue weighted by atomic mass is 32.1. The second-order valence-corrected chi connectivity index (χ2v) is 7.81. The molecule has 0 aliphatic rings. The first-order valence-corrected chi connectivity index (χ1v) is 9.35. The van der Waals surface area contributed by atoms with E-state index >= 15 is 0 Å². The van der Waals surface area contributed by atoms with Gasteiger partial charge in [0, 0.05) is 30.8 Å². The molecule has 0 aliphatic heterocycles. The van der Waals surface area contributed by atoms with Crippen molar-refractivity contribution in [1.29, 1.82) is 0 Å². The third-order valence-electron chi connectivity index (χ3n) is 4.28. The summed E-state index contributed by atoms with van der Waals surface area (Å²) in [7, 11) is 3.31. The minimum atomic E-state index is -4.63. The van der Waals surface area contributed by atoms with Crippen LogP contribution in [-0.2, 0) is 30.2 Å². The molecular formula is C18H19F3N4O3S. The standard InChI is InChI=1S/C18H19F3N4O3S/c1-17(2,27)9-5-11-12(25(3)14(22-11)7-28-4)6-10(9)23-15(26)16-24-13(8-29-16)18(19,20)21/h5-6,8,27H,7H2,1-4H3,(H,23,26). The number of benzene rings is 1. The Labute approximate surface area is 168 Å². The summed E-state index contributed by atoms with van der Waals surface area (Å²) in [6.45, 7) is 3.34. The van der Waals surface area contributed by atoms with Gasteiger partial charge in [-0.1, -0.05) is 0 Å². The van der Waals surface area contributed by atoms with Crippen LogP contribution in [0.25, 0.3) is 11.0 Å². The molecule has 156 valence electrons. The number of rotatable bonds is 5. The smallest absolute Gasteiger partial charge is 0.386 e. The Balaban J connectivity index is 2.03. The van der Waals surface area contributed by atoms with E-state index in [1.807, 2.05) is 0 Å². The molecule has 3 rings (SSSR count). The number of aliphatic hydroxyl groups is 1. The van der Waals surface area contributed by atoms with Crippen LogP contribution in [0.1, 0.15) is 40.7 Å². The number of methoxy groups -OCH3 is 1. The van der Waals surface area contributed by atoms with E-state index in [2.05, 4.69) is 15.3 Å². The van der Waals surface area contributed by atoms with Gasteiger partial charge in [-0.25, -0.2) is 9.97 Å². The average molecular weight is 428 g/mol. The molecule has 3 aromatic rings. The number of aryl methyl sites for hydroxylation is 1. The number of anilines is 1. The summed E-state index contributed by atoms with van der Waals surface area (Å²) in [5.74, 6) is -0.156. The maximum Gasteiger partial charge on any atom is 0.434 e. The predicted octanol–water partition coefficient (Wildman–Crippen LogP) is 3.67. The zero-order valence-electron chi connectivity index (χ0n) is 16.1. The third kappa shape index (κ3) is 4.26. The normalized spacial score (nSPS) is 12.6. The van der Waals surface area contributed by atoms with Crippen LogP contribution in [0.3, 0.4) is 0 Å². The molecule has 0 radical (unpaired) electrons. The maximum atomic E-state index is 12.8. The molecular weight excluding hydrogens is 409 g/mol. The second-order valence-electron chi connectivity index (χ2n) is 6.96. The highest BCUT2D eigenvalue weighted by Gasteiger charge is 2.34. The Morgan fingerprint density at radius 3 is 2.55 bits per heavy atom. The lowest BCUT2D eigenvalue weighted by molar-refractivity contribution is -0.140. The number of carbonyl (C=O) groups is 1. The second kappa shape index (κ2) is 7.39. The number of hydrogen-bond donors (Lipinski definition) is 2. The SMILES string of the molecule is COCc1nc2cc(C(C)(C)O)c(NC(=O)c3nc(C(F)(F)F)cs3)cc2n1C. The van der Waals surface area contributed by atoms with Gasteiger partial charge < -0.3 is 19.7 Å². The van der Waals surface area contributed by atoms with E-state index in [1.54, 1.807) is 23.7 Å². The molecule has 0 unspecified atom stereocenters. The van der Waals surface area contributed by atoms with Crippen molar-refractivity contribution in [3.63, 3.8) is 0 Å². The van der Waals surface area contributed by atoms with Gasteiger partial charge in [-0.3, -0.25) is 4.79 Å². The van der Waals surface area contributed by atoms with Crippen LogP contribution in [0.15, 0.2) is 17.5 Å². The van der Waals surface area contributed by atoms with E-state index in [0.717, 1.165) is 5.38 Å². The number of aromatic nitrogens is 3. The van der Waals surface area contributed by atoms with Crippen LogP contribution in [0.4, 0.5) is 18.9 Å².